The normalized spacial score (nSPS) is 14.4. The van der Waals surface area contributed by atoms with E-state index in [4.69, 9.17) is 11.6 Å². The molecule has 0 aliphatic carbocycles. The van der Waals surface area contributed by atoms with E-state index >= 15 is 0 Å². The lowest BCUT2D eigenvalue weighted by Gasteiger charge is -2.28. The molecule has 44 heavy (non-hydrogen) atoms. The summed E-state index contributed by atoms with van der Waals surface area (Å²) in [5.41, 5.74) is 2.44. The second-order valence-electron chi connectivity index (χ2n) is 10.5. The highest BCUT2D eigenvalue weighted by atomic mass is 35.5. The predicted octanol–water partition coefficient (Wildman–Crippen LogP) is 4.14. The molecule has 1 aliphatic rings. The number of amides is 3. The summed E-state index contributed by atoms with van der Waals surface area (Å²) < 4.78 is 20.9. The molecule has 5 aromatic rings. The molecule has 6 rings (SSSR count). The molecule has 0 radical (unpaired) electrons. The second-order valence-corrected chi connectivity index (χ2v) is 11.7. The highest BCUT2D eigenvalue weighted by Gasteiger charge is 2.36. The SMILES string of the molecule is CN(C)Cc1cncc(CNC(=O)c2nc(NC(=O)c3nsc4ccccc34)c3n2CC(=O)N[C@H]3c2cc(F)ccc2Cl)c1. The summed E-state index contributed by atoms with van der Waals surface area (Å²) in [6, 6.07) is 12.0. The Morgan fingerprint density at radius 2 is 1.93 bits per heavy atom. The van der Waals surface area contributed by atoms with E-state index in [1.807, 2.05) is 37.2 Å². The van der Waals surface area contributed by atoms with Gasteiger partial charge in [-0.15, -0.1) is 0 Å². The van der Waals surface area contributed by atoms with Gasteiger partial charge in [0.05, 0.1) is 16.4 Å². The van der Waals surface area contributed by atoms with Crippen LogP contribution in [-0.2, 0) is 24.4 Å². The standard InChI is InChI=1S/C30H26ClFN8O3S/c1-39(2)14-17-9-16(11-33-12-17)13-34-30(43)28-36-27(37-29(42)25-19-5-3-4-6-22(19)44-38-25)26-24(35-23(41)15-40(26)28)20-10-18(32)7-8-21(20)31/h3-12,24H,13-15H2,1-2H3,(H,34,43)(H,35,41)(H,37,42)/t24-/m0/s1. The average Bonchev–Trinajstić information content (AvgIpc) is 3.58. The number of rotatable bonds is 8. The van der Waals surface area contributed by atoms with Gasteiger partial charge in [0, 0.05) is 41.5 Å². The van der Waals surface area contributed by atoms with Crippen LogP contribution in [0.1, 0.15) is 49.5 Å². The van der Waals surface area contributed by atoms with Crippen LogP contribution in [0.25, 0.3) is 10.1 Å². The van der Waals surface area contributed by atoms with E-state index < -0.39 is 29.6 Å². The maximum Gasteiger partial charge on any atom is 0.287 e. The smallest absolute Gasteiger partial charge is 0.287 e. The van der Waals surface area contributed by atoms with Crippen LogP contribution in [-0.4, -0.2) is 55.6 Å². The third-order valence-corrected chi connectivity index (χ3v) is 8.16. The summed E-state index contributed by atoms with van der Waals surface area (Å²) in [5, 5.41) is 9.26. The van der Waals surface area contributed by atoms with E-state index in [0.29, 0.717) is 11.9 Å². The first kappa shape index (κ1) is 29.4. The van der Waals surface area contributed by atoms with Crippen molar-refractivity contribution in [2.75, 3.05) is 19.4 Å². The van der Waals surface area contributed by atoms with Crippen LogP contribution in [0.2, 0.25) is 5.02 Å². The van der Waals surface area contributed by atoms with E-state index in [9.17, 15) is 18.8 Å². The van der Waals surface area contributed by atoms with Gasteiger partial charge in [-0.25, -0.2) is 9.37 Å². The second kappa shape index (κ2) is 12.1. The third-order valence-electron chi connectivity index (χ3n) is 6.99. The number of halogens is 2. The van der Waals surface area contributed by atoms with Crippen LogP contribution < -0.4 is 16.0 Å². The first-order chi connectivity index (χ1) is 21.2. The lowest BCUT2D eigenvalue weighted by molar-refractivity contribution is -0.123. The first-order valence-corrected chi connectivity index (χ1v) is 14.7. The number of carbonyl (C=O) groups excluding carboxylic acids is 3. The van der Waals surface area contributed by atoms with Crippen molar-refractivity contribution < 1.29 is 18.8 Å². The number of pyridine rings is 1. The van der Waals surface area contributed by atoms with Gasteiger partial charge in [0.25, 0.3) is 11.8 Å². The van der Waals surface area contributed by atoms with Gasteiger partial charge in [0.2, 0.25) is 11.7 Å². The van der Waals surface area contributed by atoms with Gasteiger partial charge in [0.1, 0.15) is 18.1 Å². The molecule has 3 aromatic heterocycles. The Labute approximate surface area is 260 Å². The lowest BCUT2D eigenvalue weighted by atomic mass is 10.0. The van der Waals surface area contributed by atoms with E-state index in [1.54, 1.807) is 24.5 Å². The van der Waals surface area contributed by atoms with Crippen molar-refractivity contribution in [3.05, 3.63) is 106 Å². The number of aromatic nitrogens is 4. The van der Waals surface area contributed by atoms with Crippen molar-refractivity contribution in [2.24, 2.45) is 0 Å². The number of benzene rings is 2. The molecule has 0 bridgehead atoms. The molecule has 0 saturated heterocycles. The summed E-state index contributed by atoms with van der Waals surface area (Å²) >= 11 is 7.62. The summed E-state index contributed by atoms with van der Waals surface area (Å²) in [7, 11) is 3.90. The van der Waals surface area contributed by atoms with Crippen molar-refractivity contribution in [1.82, 2.24) is 34.4 Å². The Hall–Kier alpha value is -4.72. The molecule has 1 atom stereocenters. The van der Waals surface area contributed by atoms with E-state index in [-0.39, 0.29) is 46.7 Å². The Morgan fingerprint density at radius 1 is 1.14 bits per heavy atom. The minimum absolute atomic E-state index is 0.0113. The molecular formula is C30H26ClFN8O3S. The van der Waals surface area contributed by atoms with Crippen molar-refractivity contribution in [3.8, 4) is 0 Å². The lowest BCUT2D eigenvalue weighted by Crippen LogP contribution is -2.41. The van der Waals surface area contributed by atoms with E-state index in [2.05, 4.69) is 30.3 Å². The Balaban J connectivity index is 1.38. The molecule has 3 N–H and O–H groups in total. The Morgan fingerprint density at radius 3 is 2.75 bits per heavy atom. The number of nitrogens with zero attached hydrogens (tertiary/aromatic N) is 5. The fourth-order valence-electron chi connectivity index (χ4n) is 5.13. The monoisotopic (exact) mass is 632 g/mol. The topological polar surface area (TPSA) is 134 Å². The maximum atomic E-state index is 14.4. The third kappa shape index (κ3) is 5.89. The fourth-order valence-corrected chi connectivity index (χ4v) is 6.13. The van der Waals surface area contributed by atoms with Crippen molar-refractivity contribution in [1.29, 1.82) is 0 Å². The van der Waals surface area contributed by atoms with Gasteiger partial charge in [-0.1, -0.05) is 29.8 Å². The van der Waals surface area contributed by atoms with Crippen LogP contribution in [0.5, 0.6) is 0 Å². The number of anilines is 1. The van der Waals surface area contributed by atoms with Crippen molar-refractivity contribution in [3.63, 3.8) is 0 Å². The van der Waals surface area contributed by atoms with Crippen molar-refractivity contribution in [2.45, 2.75) is 25.7 Å². The van der Waals surface area contributed by atoms with Crippen LogP contribution in [0.4, 0.5) is 10.2 Å². The van der Waals surface area contributed by atoms with Gasteiger partial charge in [-0.3, -0.25) is 19.4 Å². The van der Waals surface area contributed by atoms with E-state index in [0.717, 1.165) is 15.8 Å². The summed E-state index contributed by atoms with van der Waals surface area (Å²) in [5.74, 6) is -2.25. The molecular weight excluding hydrogens is 607 g/mol. The molecule has 2 aromatic carbocycles. The zero-order chi connectivity index (χ0) is 31.0. The minimum atomic E-state index is -1.01. The average molecular weight is 633 g/mol. The zero-order valence-corrected chi connectivity index (χ0v) is 25.2. The van der Waals surface area contributed by atoms with Gasteiger partial charge in [-0.2, -0.15) is 4.37 Å². The van der Waals surface area contributed by atoms with Gasteiger partial charge in [0.15, 0.2) is 5.82 Å². The number of hydrogen-bond acceptors (Lipinski definition) is 8. The molecule has 0 unspecified atom stereocenters. The van der Waals surface area contributed by atoms with Crippen LogP contribution >= 0.6 is 23.1 Å². The molecule has 11 nitrogen and oxygen atoms in total. The molecule has 1 aliphatic heterocycles. The number of nitrogens with one attached hydrogen (secondary N) is 3. The first-order valence-electron chi connectivity index (χ1n) is 13.5. The van der Waals surface area contributed by atoms with Crippen LogP contribution in [0.3, 0.4) is 0 Å². The molecule has 0 spiro atoms. The predicted molar refractivity (Wildman–Crippen MR) is 164 cm³/mol. The number of fused-ring (bicyclic) bond motifs is 2. The molecule has 3 amide bonds. The summed E-state index contributed by atoms with van der Waals surface area (Å²) in [6.07, 6.45) is 3.41. The highest BCUT2D eigenvalue weighted by Crippen LogP contribution is 2.36. The quantitative estimate of drug-likeness (QED) is 0.234. The minimum Gasteiger partial charge on any atom is -0.345 e. The van der Waals surface area contributed by atoms with Crippen molar-refractivity contribution >= 4 is 56.8 Å². The number of imidazole rings is 1. The fraction of sp³-hybridized carbons (Fsp3) is 0.200. The number of carbonyl (C=O) groups is 3. The summed E-state index contributed by atoms with van der Waals surface area (Å²) in [6.45, 7) is 0.566. The largest absolute Gasteiger partial charge is 0.345 e. The Bertz CT molecular complexity index is 1920. The number of hydrogen-bond donors (Lipinski definition) is 3. The zero-order valence-electron chi connectivity index (χ0n) is 23.6. The van der Waals surface area contributed by atoms with Crippen LogP contribution in [0.15, 0.2) is 60.9 Å². The maximum absolute atomic E-state index is 14.4. The van der Waals surface area contributed by atoms with Crippen LogP contribution in [0, 0.1) is 5.82 Å². The van der Waals surface area contributed by atoms with Gasteiger partial charge < -0.3 is 25.4 Å². The molecule has 4 heterocycles. The summed E-state index contributed by atoms with van der Waals surface area (Å²) in [4.78, 5) is 50.7. The van der Waals surface area contributed by atoms with E-state index in [1.165, 1.54) is 34.3 Å². The van der Waals surface area contributed by atoms with Gasteiger partial charge in [-0.05, 0) is 67.1 Å². The highest BCUT2D eigenvalue weighted by molar-refractivity contribution is 7.13. The molecule has 0 fully saturated rings. The molecule has 0 saturated carbocycles. The molecule has 14 heteroatoms. The molecule has 224 valence electrons. The Kier molecular flexibility index (Phi) is 8.08. The van der Waals surface area contributed by atoms with Gasteiger partial charge >= 0.3 is 0 Å².